The molecule has 0 heterocycles. The van der Waals surface area contributed by atoms with Crippen molar-refractivity contribution >= 4 is 43.1 Å². The highest BCUT2D eigenvalue weighted by atomic mass is 14.2. The van der Waals surface area contributed by atoms with Gasteiger partial charge in [-0.3, -0.25) is 0 Å². The van der Waals surface area contributed by atoms with E-state index >= 15 is 0 Å². The van der Waals surface area contributed by atoms with E-state index in [9.17, 15) is 0 Å². The lowest BCUT2D eigenvalue weighted by molar-refractivity contribution is 1.66. The molecule has 0 atom stereocenters. The van der Waals surface area contributed by atoms with Crippen molar-refractivity contribution in [2.75, 3.05) is 0 Å². The van der Waals surface area contributed by atoms with Crippen molar-refractivity contribution in [3.63, 3.8) is 0 Å². The van der Waals surface area contributed by atoms with E-state index < -0.39 is 0 Å². The number of hydrogen-bond acceptors (Lipinski definition) is 0. The Kier molecular flexibility index (Phi) is 1.92. The molecule has 5 aromatic rings. The zero-order valence-electron chi connectivity index (χ0n) is 11.8. The highest BCUT2D eigenvalue weighted by Crippen LogP contribution is 2.44. The first-order valence-corrected chi connectivity index (χ1v) is 7.21. The monoisotopic (exact) mass is 274 g/mol. The summed E-state index contributed by atoms with van der Waals surface area (Å²) >= 11 is 0. The summed E-state index contributed by atoms with van der Waals surface area (Å²) in [6.07, 6.45) is 11.1. The lowest BCUT2D eigenvalue weighted by Crippen LogP contribution is -1.93. The van der Waals surface area contributed by atoms with Gasteiger partial charge in [-0.25, -0.2) is 0 Å². The SMILES string of the molecule is C#Cc1cc2c(cc1C#C)c1cc3c4ccccc4c3cc21. The molecule has 0 saturated carbocycles. The van der Waals surface area contributed by atoms with Gasteiger partial charge < -0.3 is 0 Å². The van der Waals surface area contributed by atoms with Crippen molar-refractivity contribution in [1.29, 1.82) is 0 Å². The Morgan fingerprint density at radius 1 is 0.500 bits per heavy atom. The van der Waals surface area contributed by atoms with Gasteiger partial charge in [-0.1, -0.05) is 36.1 Å². The molecule has 0 N–H and O–H groups in total. The van der Waals surface area contributed by atoms with Crippen LogP contribution in [0.15, 0.2) is 48.5 Å². The summed E-state index contributed by atoms with van der Waals surface area (Å²) in [5.74, 6) is 5.38. The van der Waals surface area contributed by atoms with Crippen LogP contribution in [0, 0.1) is 24.7 Å². The number of terminal acetylenes is 2. The maximum Gasteiger partial charge on any atom is 0.0405 e. The molecule has 0 bridgehead atoms. The summed E-state index contributed by atoms with van der Waals surface area (Å²) in [6, 6.07) is 17.2. The number of fused-ring (bicyclic) bond motifs is 8. The van der Waals surface area contributed by atoms with Gasteiger partial charge in [-0.05, 0) is 67.4 Å². The summed E-state index contributed by atoms with van der Waals surface area (Å²) < 4.78 is 0. The number of rotatable bonds is 0. The van der Waals surface area contributed by atoms with E-state index in [0.717, 1.165) is 11.1 Å². The highest BCUT2D eigenvalue weighted by Gasteiger charge is 2.17. The Labute approximate surface area is 128 Å². The summed E-state index contributed by atoms with van der Waals surface area (Å²) in [6.45, 7) is 0. The molecule has 0 aliphatic heterocycles. The molecule has 0 amide bonds. The van der Waals surface area contributed by atoms with Crippen molar-refractivity contribution < 1.29 is 0 Å². The lowest BCUT2D eigenvalue weighted by Gasteiger charge is -2.18. The maximum atomic E-state index is 5.57. The Hall–Kier alpha value is -3.22. The van der Waals surface area contributed by atoms with Crippen molar-refractivity contribution in [1.82, 2.24) is 0 Å². The van der Waals surface area contributed by atoms with E-state index in [2.05, 4.69) is 48.2 Å². The third-order valence-corrected chi connectivity index (χ3v) is 4.71. The van der Waals surface area contributed by atoms with E-state index in [1.54, 1.807) is 0 Å². The molecule has 0 aromatic heterocycles. The zero-order chi connectivity index (χ0) is 14.8. The standard InChI is InChI=1S/C22H10/c1-3-13-9-17-18(10-14(13)4-2)22-12-20-16-8-6-5-7-15(16)19(20)11-21(17)22/h1-2,5-12H. The largest absolute Gasteiger partial charge is 0.115 e. The summed E-state index contributed by atoms with van der Waals surface area (Å²) in [7, 11) is 0. The second-order valence-corrected chi connectivity index (χ2v) is 5.72. The van der Waals surface area contributed by atoms with Crippen molar-refractivity contribution in [3.05, 3.63) is 59.7 Å². The van der Waals surface area contributed by atoms with Gasteiger partial charge in [0, 0.05) is 11.1 Å². The minimum atomic E-state index is 0.801. The first kappa shape index (κ1) is 11.4. The normalized spacial score (nSPS) is 11.5. The maximum absolute atomic E-state index is 5.57. The third kappa shape index (κ3) is 1.17. The Bertz CT molecular complexity index is 1170. The van der Waals surface area contributed by atoms with E-state index in [1.807, 2.05) is 12.1 Å². The second-order valence-electron chi connectivity index (χ2n) is 5.72. The van der Waals surface area contributed by atoms with Crippen LogP contribution in [0.25, 0.3) is 43.1 Å². The molecule has 0 unspecified atom stereocenters. The Morgan fingerprint density at radius 3 is 1.27 bits per heavy atom. The molecule has 0 heteroatoms. The highest BCUT2D eigenvalue weighted by molar-refractivity contribution is 6.35. The molecule has 0 aliphatic carbocycles. The van der Waals surface area contributed by atoms with Gasteiger partial charge >= 0.3 is 0 Å². The molecule has 0 saturated heterocycles. The van der Waals surface area contributed by atoms with Crippen LogP contribution in [0.1, 0.15) is 11.1 Å². The molecule has 0 spiro atoms. The minimum absolute atomic E-state index is 0.801. The average molecular weight is 274 g/mol. The smallest absolute Gasteiger partial charge is 0.0405 e. The van der Waals surface area contributed by atoms with Gasteiger partial charge in [0.2, 0.25) is 0 Å². The molecule has 22 heavy (non-hydrogen) atoms. The van der Waals surface area contributed by atoms with Crippen molar-refractivity contribution in [2.45, 2.75) is 0 Å². The van der Waals surface area contributed by atoms with Gasteiger partial charge in [0.15, 0.2) is 0 Å². The Balaban J connectivity index is 1.93. The predicted molar refractivity (Wildman–Crippen MR) is 94.7 cm³/mol. The fourth-order valence-electron chi connectivity index (χ4n) is 3.60. The quantitative estimate of drug-likeness (QED) is 0.343. The van der Waals surface area contributed by atoms with Crippen LogP contribution in [0.4, 0.5) is 0 Å². The van der Waals surface area contributed by atoms with E-state index in [1.165, 1.54) is 43.1 Å². The van der Waals surface area contributed by atoms with Crippen LogP contribution < -0.4 is 0 Å². The third-order valence-electron chi connectivity index (χ3n) is 4.71. The summed E-state index contributed by atoms with van der Waals surface area (Å²) in [5, 5.41) is 10.3. The van der Waals surface area contributed by atoms with Crippen LogP contribution in [-0.4, -0.2) is 0 Å². The molecular formula is C22H10. The van der Waals surface area contributed by atoms with E-state index in [-0.39, 0.29) is 0 Å². The zero-order valence-corrected chi connectivity index (χ0v) is 11.8. The first-order chi connectivity index (χ1) is 10.8. The number of hydrogen-bond donors (Lipinski definition) is 0. The minimum Gasteiger partial charge on any atom is -0.115 e. The van der Waals surface area contributed by atoms with E-state index in [0.29, 0.717) is 0 Å². The summed E-state index contributed by atoms with van der Waals surface area (Å²) in [4.78, 5) is 0. The molecular weight excluding hydrogens is 264 g/mol. The van der Waals surface area contributed by atoms with Crippen molar-refractivity contribution in [2.24, 2.45) is 0 Å². The van der Waals surface area contributed by atoms with Crippen LogP contribution in [-0.2, 0) is 0 Å². The topological polar surface area (TPSA) is 0 Å². The van der Waals surface area contributed by atoms with Gasteiger partial charge in [-0.2, -0.15) is 0 Å². The molecule has 0 aliphatic rings. The van der Waals surface area contributed by atoms with Gasteiger partial charge in [-0.15, -0.1) is 12.8 Å². The fraction of sp³-hybridized carbons (Fsp3) is 0. The molecule has 0 fully saturated rings. The Morgan fingerprint density at radius 2 is 0.864 bits per heavy atom. The van der Waals surface area contributed by atoms with Crippen molar-refractivity contribution in [3.8, 4) is 24.7 Å². The first-order valence-electron chi connectivity index (χ1n) is 7.21. The van der Waals surface area contributed by atoms with Crippen LogP contribution in [0.3, 0.4) is 0 Å². The predicted octanol–water partition coefficient (Wildman–Crippen LogP) is 5.14. The van der Waals surface area contributed by atoms with Gasteiger partial charge in [0.1, 0.15) is 0 Å². The fourth-order valence-corrected chi connectivity index (χ4v) is 3.60. The van der Waals surface area contributed by atoms with Crippen LogP contribution in [0.5, 0.6) is 0 Å². The molecule has 5 rings (SSSR count). The van der Waals surface area contributed by atoms with Gasteiger partial charge in [0.25, 0.3) is 0 Å². The van der Waals surface area contributed by atoms with E-state index in [4.69, 9.17) is 12.8 Å². The van der Waals surface area contributed by atoms with Crippen LogP contribution >= 0.6 is 0 Å². The van der Waals surface area contributed by atoms with Crippen LogP contribution in [0.2, 0.25) is 0 Å². The molecule has 0 radical (unpaired) electrons. The molecule has 5 aromatic carbocycles. The summed E-state index contributed by atoms with van der Waals surface area (Å²) in [5.41, 5.74) is 1.60. The average Bonchev–Trinajstić information content (AvgIpc) is 2.56. The lowest BCUT2D eigenvalue weighted by atomic mass is 9.85. The number of benzene rings is 3. The molecule has 0 nitrogen and oxygen atoms in total. The molecule has 98 valence electrons. The second kappa shape index (κ2) is 3.70. The van der Waals surface area contributed by atoms with Gasteiger partial charge in [0.05, 0.1) is 0 Å².